The Morgan fingerprint density at radius 3 is 2.52 bits per heavy atom. The van der Waals surface area contributed by atoms with Crippen LogP contribution in [-0.4, -0.2) is 21.8 Å². The highest BCUT2D eigenvalue weighted by Crippen LogP contribution is 2.38. The number of nitrogens with one attached hydrogen (secondary N) is 2. The molecule has 4 N–H and O–H groups in total. The highest BCUT2D eigenvalue weighted by molar-refractivity contribution is 6.06. The Hall–Kier alpha value is -3.54. The number of nitrogens with zero attached hydrogens (tertiary/aromatic N) is 2. The van der Waals surface area contributed by atoms with Crippen molar-refractivity contribution in [3.63, 3.8) is 0 Å². The number of pyridine rings is 1. The van der Waals surface area contributed by atoms with Crippen LogP contribution in [0.4, 0.5) is 17.5 Å². The number of aromatic nitrogens is 3. The number of hydrogen-bond acceptors (Lipinski definition) is 5. The molecule has 0 unspecified atom stereocenters. The lowest BCUT2D eigenvalue weighted by atomic mass is 9.99. The molecular formula is C23H25N5O. The predicted molar refractivity (Wildman–Crippen MR) is 119 cm³/mol. The van der Waals surface area contributed by atoms with Crippen LogP contribution in [-0.2, 0) is 0 Å². The van der Waals surface area contributed by atoms with Gasteiger partial charge < -0.3 is 15.8 Å². The second kappa shape index (κ2) is 8.22. The maximum absolute atomic E-state index is 6.26. The highest BCUT2D eigenvalue weighted by Gasteiger charge is 2.15. The van der Waals surface area contributed by atoms with Gasteiger partial charge in [0.05, 0.1) is 6.61 Å². The molecule has 2 heterocycles. The Morgan fingerprint density at radius 2 is 1.83 bits per heavy atom. The van der Waals surface area contributed by atoms with Crippen molar-refractivity contribution in [2.45, 2.75) is 26.7 Å². The number of unbranched alkanes of at least 4 members (excludes halogenated alkanes) is 1. The minimum Gasteiger partial charge on any atom is -0.494 e. The first-order valence-electron chi connectivity index (χ1n) is 9.86. The van der Waals surface area contributed by atoms with Crippen LogP contribution >= 0.6 is 0 Å². The number of benzene rings is 2. The molecule has 0 amide bonds. The van der Waals surface area contributed by atoms with E-state index in [2.05, 4.69) is 45.6 Å². The molecule has 29 heavy (non-hydrogen) atoms. The van der Waals surface area contributed by atoms with E-state index in [4.69, 9.17) is 10.5 Å². The van der Waals surface area contributed by atoms with Gasteiger partial charge >= 0.3 is 0 Å². The number of ether oxygens (including phenoxy) is 1. The molecule has 0 aliphatic heterocycles. The van der Waals surface area contributed by atoms with Gasteiger partial charge in [-0.05, 0) is 36.4 Å². The molecule has 0 spiro atoms. The van der Waals surface area contributed by atoms with E-state index in [9.17, 15) is 0 Å². The first-order valence-corrected chi connectivity index (χ1v) is 9.86. The van der Waals surface area contributed by atoms with Crippen molar-refractivity contribution in [1.82, 2.24) is 15.2 Å². The van der Waals surface area contributed by atoms with Gasteiger partial charge in [-0.1, -0.05) is 49.7 Å². The number of nitrogens with two attached hydrogens (primary N) is 1. The second-order valence-corrected chi connectivity index (χ2v) is 7.05. The van der Waals surface area contributed by atoms with Gasteiger partial charge in [0.2, 0.25) is 0 Å². The quantitative estimate of drug-likeness (QED) is 0.368. The number of nitrogen functional groups attached to an aromatic ring is 1. The summed E-state index contributed by atoms with van der Waals surface area (Å²) in [5, 5.41) is 12.5. The van der Waals surface area contributed by atoms with Gasteiger partial charge in [0.25, 0.3) is 0 Å². The van der Waals surface area contributed by atoms with Crippen molar-refractivity contribution in [1.29, 1.82) is 0 Å². The van der Waals surface area contributed by atoms with E-state index < -0.39 is 0 Å². The molecule has 0 atom stereocenters. The Bertz CT molecular complexity index is 1120. The molecule has 0 radical (unpaired) electrons. The zero-order chi connectivity index (χ0) is 20.2. The van der Waals surface area contributed by atoms with Crippen molar-refractivity contribution in [3.05, 3.63) is 60.3 Å². The van der Waals surface area contributed by atoms with Crippen LogP contribution in [0, 0.1) is 6.92 Å². The molecule has 6 nitrogen and oxygen atoms in total. The predicted octanol–water partition coefficient (Wildman–Crippen LogP) is 5.44. The molecule has 0 aliphatic carbocycles. The molecule has 6 heteroatoms. The Kier molecular flexibility index (Phi) is 5.33. The summed E-state index contributed by atoms with van der Waals surface area (Å²) >= 11 is 0. The molecule has 0 saturated carbocycles. The largest absolute Gasteiger partial charge is 0.494 e. The van der Waals surface area contributed by atoms with Crippen molar-refractivity contribution >= 4 is 28.2 Å². The third kappa shape index (κ3) is 4.01. The van der Waals surface area contributed by atoms with Gasteiger partial charge in [-0.15, -0.1) is 0 Å². The Labute approximate surface area is 170 Å². The number of H-pyrrole nitrogens is 1. The van der Waals surface area contributed by atoms with Crippen molar-refractivity contribution < 1.29 is 4.74 Å². The summed E-state index contributed by atoms with van der Waals surface area (Å²) in [6.45, 7) is 4.84. The molecule has 148 valence electrons. The van der Waals surface area contributed by atoms with E-state index in [-0.39, 0.29) is 0 Å². The number of anilines is 3. The minimum absolute atomic E-state index is 0.485. The molecule has 4 rings (SSSR count). The normalized spacial score (nSPS) is 11.0. The molecule has 2 aromatic carbocycles. The summed E-state index contributed by atoms with van der Waals surface area (Å²) in [4.78, 5) is 4.65. The fraction of sp³-hybridized carbons (Fsp3) is 0.217. The summed E-state index contributed by atoms with van der Waals surface area (Å²) in [6.07, 6.45) is 2.16. The number of hydrogen-bond donors (Lipinski definition) is 3. The van der Waals surface area contributed by atoms with E-state index in [0.29, 0.717) is 17.5 Å². The van der Waals surface area contributed by atoms with Crippen LogP contribution in [0.25, 0.3) is 21.9 Å². The topological polar surface area (TPSA) is 88.8 Å². The maximum atomic E-state index is 6.26. The molecule has 2 aromatic heterocycles. The monoisotopic (exact) mass is 387 g/mol. The van der Waals surface area contributed by atoms with Crippen molar-refractivity contribution in [3.8, 4) is 16.9 Å². The van der Waals surface area contributed by atoms with Gasteiger partial charge in [-0.3, -0.25) is 5.10 Å². The van der Waals surface area contributed by atoms with Crippen LogP contribution < -0.4 is 15.8 Å². The van der Waals surface area contributed by atoms with Crippen LogP contribution in [0.5, 0.6) is 5.75 Å². The average molecular weight is 387 g/mol. The van der Waals surface area contributed by atoms with Crippen molar-refractivity contribution in [2.24, 2.45) is 0 Å². The number of fused-ring (bicyclic) bond motifs is 1. The first kappa shape index (κ1) is 18.8. The molecule has 0 fully saturated rings. The lowest BCUT2D eigenvalue weighted by molar-refractivity contribution is 0.309. The smallest absolute Gasteiger partial charge is 0.153 e. The number of aromatic amines is 1. The number of rotatable bonds is 7. The molecule has 0 aliphatic rings. The highest BCUT2D eigenvalue weighted by atomic mass is 16.5. The maximum Gasteiger partial charge on any atom is 0.153 e. The second-order valence-electron chi connectivity index (χ2n) is 7.05. The Balaban J connectivity index is 1.78. The first-order chi connectivity index (χ1) is 14.2. The fourth-order valence-electron chi connectivity index (χ4n) is 3.33. The Morgan fingerprint density at radius 1 is 1.07 bits per heavy atom. The molecular weight excluding hydrogens is 362 g/mol. The third-order valence-electron chi connectivity index (χ3n) is 4.80. The fourth-order valence-corrected chi connectivity index (χ4v) is 3.33. The summed E-state index contributed by atoms with van der Waals surface area (Å²) in [5.41, 5.74) is 9.24. The summed E-state index contributed by atoms with van der Waals surface area (Å²) in [5.74, 6) is 2.73. The van der Waals surface area contributed by atoms with E-state index in [1.807, 2.05) is 43.3 Å². The van der Waals surface area contributed by atoms with Gasteiger partial charge in [-0.2, -0.15) is 5.10 Å². The molecule has 4 aromatic rings. The van der Waals surface area contributed by atoms with Crippen LogP contribution in [0.15, 0.2) is 54.6 Å². The van der Waals surface area contributed by atoms with Crippen LogP contribution in [0.3, 0.4) is 0 Å². The summed E-state index contributed by atoms with van der Waals surface area (Å²) in [7, 11) is 0. The third-order valence-corrected chi connectivity index (χ3v) is 4.80. The number of aryl methyl sites for hydroxylation is 1. The van der Waals surface area contributed by atoms with Crippen LogP contribution in [0.2, 0.25) is 0 Å². The zero-order valence-corrected chi connectivity index (χ0v) is 16.7. The van der Waals surface area contributed by atoms with Crippen LogP contribution in [0.1, 0.15) is 25.5 Å². The summed E-state index contributed by atoms with van der Waals surface area (Å²) in [6, 6.07) is 18.1. The zero-order valence-electron chi connectivity index (χ0n) is 16.7. The lowest BCUT2D eigenvalue weighted by Crippen LogP contribution is -2.02. The average Bonchev–Trinajstić information content (AvgIpc) is 3.14. The SMILES string of the molecule is CCCCOc1ccc(-c2c(Nc3cc(C)[nH]n3)nc(N)c3ccccc23)cc1. The van der Waals surface area contributed by atoms with Gasteiger partial charge in [0, 0.05) is 22.7 Å². The van der Waals surface area contributed by atoms with E-state index >= 15 is 0 Å². The van der Waals surface area contributed by atoms with Gasteiger partial charge in [0.1, 0.15) is 17.4 Å². The van der Waals surface area contributed by atoms with E-state index in [1.54, 1.807) is 0 Å². The van der Waals surface area contributed by atoms with Gasteiger partial charge in [0.15, 0.2) is 5.82 Å². The minimum atomic E-state index is 0.485. The summed E-state index contributed by atoms with van der Waals surface area (Å²) < 4.78 is 5.81. The molecule has 0 bridgehead atoms. The van der Waals surface area contributed by atoms with Gasteiger partial charge in [-0.25, -0.2) is 4.98 Å². The lowest BCUT2D eigenvalue weighted by Gasteiger charge is -2.15. The van der Waals surface area contributed by atoms with Crippen molar-refractivity contribution in [2.75, 3.05) is 17.7 Å². The van der Waals surface area contributed by atoms with E-state index in [1.165, 1.54) is 0 Å². The standard InChI is InChI=1S/C23H25N5O/c1-3-4-13-29-17-11-9-16(10-12-17)21-18-7-5-6-8-19(18)22(24)26-23(21)25-20-14-15(2)27-28-20/h5-12,14H,3-4,13H2,1-2H3,(H4,24,25,26,27,28). The molecule has 0 saturated heterocycles. The van der Waals surface area contributed by atoms with E-state index in [0.717, 1.165) is 52.8 Å².